The highest BCUT2D eigenvalue weighted by atomic mass is 16.2. The Balaban J connectivity index is 1.64. The highest BCUT2D eigenvalue weighted by Gasteiger charge is 2.17. The Morgan fingerprint density at radius 2 is 1.46 bits per heavy atom. The van der Waals surface area contributed by atoms with Gasteiger partial charge in [0.2, 0.25) is 5.91 Å². The molecule has 0 bridgehead atoms. The number of benzene rings is 2. The van der Waals surface area contributed by atoms with Crippen LogP contribution in [0.2, 0.25) is 0 Å². The maximum Gasteiger partial charge on any atom is 0.255 e. The van der Waals surface area contributed by atoms with E-state index < -0.39 is 0 Å². The first-order valence-electron chi connectivity index (χ1n) is 9.61. The van der Waals surface area contributed by atoms with Crippen molar-refractivity contribution in [1.29, 1.82) is 0 Å². The highest BCUT2D eigenvalue weighted by molar-refractivity contribution is 6.05. The van der Waals surface area contributed by atoms with Gasteiger partial charge in [0.05, 0.1) is 0 Å². The van der Waals surface area contributed by atoms with Crippen LogP contribution in [0.4, 0.5) is 11.4 Å². The summed E-state index contributed by atoms with van der Waals surface area (Å²) in [6, 6.07) is 13.7. The van der Waals surface area contributed by atoms with E-state index in [9.17, 15) is 14.4 Å². The van der Waals surface area contributed by atoms with Gasteiger partial charge in [-0.15, -0.1) is 0 Å². The van der Waals surface area contributed by atoms with E-state index in [2.05, 4.69) is 10.6 Å². The molecule has 2 N–H and O–H groups in total. The number of amides is 3. The molecular formula is C22H25N3O3. The Labute approximate surface area is 164 Å². The van der Waals surface area contributed by atoms with Crippen molar-refractivity contribution in [1.82, 2.24) is 4.90 Å². The smallest absolute Gasteiger partial charge is 0.255 e. The Bertz CT molecular complexity index is 854. The molecule has 28 heavy (non-hydrogen) atoms. The zero-order valence-electron chi connectivity index (χ0n) is 16.0. The molecule has 1 saturated heterocycles. The molecule has 2 aromatic carbocycles. The maximum absolute atomic E-state index is 12.6. The summed E-state index contributed by atoms with van der Waals surface area (Å²) in [5, 5.41) is 5.48. The number of hydrogen-bond acceptors (Lipinski definition) is 3. The quantitative estimate of drug-likeness (QED) is 0.845. The number of carbonyl (C=O) groups is 3. The topological polar surface area (TPSA) is 78.5 Å². The van der Waals surface area contributed by atoms with E-state index in [0.717, 1.165) is 25.9 Å². The second-order valence-corrected chi connectivity index (χ2v) is 7.00. The molecule has 1 fully saturated rings. The molecule has 6 heteroatoms. The fourth-order valence-electron chi connectivity index (χ4n) is 3.30. The van der Waals surface area contributed by atoms with Gasteiger partial charge in [-0.3, -0.25) is 14.4 Å². The molecule has 6 nitrogen and oxygen atoms in total. The zero-order chi connectivity index (χ0) is 19.9. The molecule has 0 radical (unpaired) electrons. The molecule has 0 atom stereocenters. The lowest BCUT2D eigenvalue weighted by Gasteiger charge is -2.20. The van der Waals surface area contributed by atoms with Gasteiger partial charge in [-0.2, -0.15) is 0 Å². The standard InChI is InChI=1S/C22H25N3O3/c1-16(26)23-20-8-6-7-18(15-20)21(27)24-19-11-9-17(10-12-19)22(28)25-13-4-2-3-5-14-25/h6-12,15H,2-5,13-14H2,1H3,(H,23,26)(H,24,27). The van der Waals surface area contributed by atoms with Crippen molar-refractivity contribution >= 4 is 29.1 Å². The van der Waals surface area contributed by atoms with Gasteiger partial charge in [-0.25, -0.2) is 0 Å². The van der Waals surface area contributed by atoms with Crippen LogP contribution in [-0.2, 0) is 4.79 Å². The van der Waals surface area contributed by atoms with Crippen LogP contribution in [0.25, 0.3) is 0 Å². The van der Waals surface area contributed by atoms with E-state index in [-0.39, 0.29) is 17.7 Å². The van der Waals surface area contributed by atoms with Crippen LogP contribution in [0.1, 0.15) is 53.3 Å². The van der Waals surface area contributed by atoms with Crippen LogP contribution in [0.5, 0.6) is 0 Å². The fourth-order valence-corrected chi connectivity index (χ4v) is 3.30. The van der Waals surface area contributed by atoms with Crippen molar-refractivity contribution in [3.05, 3.63) is 59.7 Å². The molecule has 2 aromatic rings. The summed E-state index contributed by atoms with van der Waals surface area (Å²) in [5.74, 6) is -0.427. The minimum atomic E-state index is -0.279. The van der Waals surface area contributed by atoms with Crippen molar-refractivity contribution < 1.29 is 14.4 Å². The molecule has 0 spiro atoms. The molecule has 0 aromatic heterocycles. The van der Waals surface area contributed by atoms with Crippen LogP contribution in [0.3, 0.4) is 0 Å². The number of anilines is 2. The number of rotatable bonds is 4. The van der Waals surface area contributed by atoms with E-state index >= 15 is 0 Å². The van der Waals surface area contributed by atoms with Crippen molar-refractivity contribution in [2.75, 3.05) is 23.7 Å². The van der Waals surface area contributed by atoms with Gasteiger partial charge in [-0.05, 0) is 55.3 Å². The Morgan fingerprint density at radius 3 is 2.11 bits per heavy atom. The number of nitrogens with one attached hydrogen (secondary N) is 2. The molecular weight excluding hydrogens is 354 g/mol. The molecule has 1 aliphatic heterocycles. The maximum atomic E-state index is 12.6. The van der Waals surface area contributed by atoms with Gasteiger partial charge >= 0.3 is 0 Å². The third-order valence-electron chi connectivity index (χ3n) is 4.73. The van der Waals surface area contributed by atoms with Gasteiger partial charge in [0, 0.05) is 42.5 Å². The van der Waals surface area contributed by atoms with E-state index in [1.54, 1.807) is 48.5 Å². The lowest BCUT2D eigenvalue weighted by atomic mass is 10.1. The average molecular weight is 379 g/mol. The van der Waals surface area contributed by atoms with Crippen molar-refractivity contribution in [2.45, 2.75) is 32.6 Å². The third-order valence-corrected chi connectivity index (χ3v) is 4.73. The second kappa shape index (κ2) is 9.17. The van der Waals surface area contributed by atoms with E-state index in [1.165, 1.54) is 19.8 Å². The van der Waals surface area contributed by atoms with E-state index in [4.69, 9.17) is 0 Å². The average Bonchev–Trinajstić information content (AvgIpc) is 2.97. The number of carbonyl (C=O) groups excluding carboxylic acids is 3. The third kappa shape index (κ3) is 5.19. The van der Waals surface area contributed by atoms with Gasteiger partial charge in [0.1, 0.15) is 0 Å². The Hall–Kier alpha value is -3.15. The molecule has 3 rings (SSSR count). The van der Waals surface area contributed by atoms with Crippen molar-refractivity contribution in [3.8, 4) is 0 Å². The lowest BCUT2D eigenvalue weighted by molar-refractivity contribution is -0.114. The fraction of sp³-hybridized carbons (Fsp3) is 0.318. The molecule has 1 aliphatic rings. The zero-order valence-corrected chi connectivity index (χ0v) is 16.0. The van der Waals surface area contributed by atoms with Crippen LogP contribution in [-0.4, -0.2) is 35.7 Å². The minimum absolute atomic E-state index is 0.0442. The van der Waals surface area contributed by atoms with Crippen LogP contribution >= 0.6 is 0 Å². The summed E-state index contributed by atoms with van der Waals surface area (Å²) in [5.41, 5.74) is 2.25. The largest absolute Gasteiger partial charge is 0.339 e. The lowest BCUT2D eigenvalue weighted by Crippen LogP contribution is -2.31. The van der Waals surface area contributed by atoms with E-state index in [1.807, 2.05) is 4.90 Å². The first-order chi connectivity index (χ1) is 13.5. The van der Waals surface area contributed by atoms with Gasteiger partial charge in [0.15, 0.2) is 0 Å². The summed E-state index contributed by atoms with van der Waals surface area (Å²) in [6.07, 6.45) is 4.46. The van der Waals surface area contributed by atoms with Gasteiger partial charge < -0.3 is 15.5 Å². The molecule has 0 unspecified atom stereocenters. The summed E-state index contributed by atoms with van der Waals surface area (Å²) in [4.78, 5) is 38.2. The summed E-state index contributed by atoms with van der Waals surface area (Å²) < 4.78 is 0. The van der Waals surface area contributed by atoms with E-state index in [0.29, 0.717) is 22.5 Å². The van der Waals surface area contributed by atoms with Crippen LogP contribution in [0.15, 0.2) is 48.5 Å². The van der Waals surface area contributed by atoms with Gasteiger partial charge in [0.25, 0.3) is 11.8 Å². The van der Waals surface area contributed by atoms with Crippen LogP contribution < -0.4 is 10.6 Å². The number of hydrogen-bond donors (Lipinski definition) is 2. The predicted octanol–water partition coefficient (Wildman–Crippen LogP) is 3.91. The van der Waals surface area contributed by atoms with Crippen molar-refractivity contribution in [2.24, 2.45) is 0 Å². The molecule has 146 valence electrons. The number of likely N-dealkylation sites (tertiary alicyclic amines) is 1. The predicted molar refractivity (Wildman–Crippen MR) is 110 cm³/mol. The minimum Gasteiger partial charge on any atom is -0.339 e. The molecule has 1 heterocycles. The normalized spacial score (nSPS) is 14.1. The van der Waals surface area contributed by atoms with Crippen LogP contribution in [0, 0.1) is 0 Å². The first kappa shape index (κ1) is 19.6. The molecule has 3 amide bonds. The SMILES string of the molecule is CC(=O)Nc1cccc(C(=O)Nc2ccc(C(=O)N3CCCCCC3)cc2)c1. The first-order valence-corrected chi connectivity index (χ1v) is 9.61. The second-order valence-electron chi connectivity index (χ2n) is 7.00. The molecule has 0 saturated carbocycles. The Morgan fingerprint density at radius 1 is 0.786 bits per heavy atom. The van der Waals surface area contributed by atoms with Crippen molar-refractivity contribution in [3.63, 3.8) is 0 Å². The summed E-state index contributed by atoms with van der Waals surface area (Å²) in [7, 11) is 0. The summed E-state index contributed by atoms with van der Waals surface area (Å²) in [6.45, 7) is 3.03. The highest BCUT2D eigenvalue weighted by Crippen LogP contribution is 2.17. The van der Waals surface area contributed by atoms with Gasteiger partial charge in [-0.1, -0.05) is 18.9 Å². The number of nitrogens with zero attached hydrogens (tertiary/aromatic N) is 1. The Kier molecular flexibility index (Phi) is 6.42. The monoisotopic (exact) mass is 379 g/mol. The molecule has 0 aliphatic carbocycles. The summed E-state index contributed by atoms with van der Waals surface area (Å²) >= 11 is 0.